The molecule has 3 rings (SSSR count). The number of phenolic OH excluding ortho intramolecular Hbond substituents is 1. The number of aromatic hydroxyl groups is 1. The molecule has 0 bridgehead atoms. The van der Waals surface area contributed by atoms with E-state index in [1.165, 1.54) is 12.1 Å². The number of piperazine rings is 1. The summed E-state index contributed by atoms with van der Waals surface area (Å²) in [5.74, 6) is 0.622. The van der Waals surface area contributed by atoms with Crippen LogP contribution in [-0.2, 0) is 6.54 Å². The molecule has 8 heteroatoms. The van der Waals surface area contributed by atoms with E-state index in [1.54, 1.807) is 25.2 Å². The second-order valence-corrected chi connectivity index (χ2v) is 6.28. The Labute approximate surface area is 181 Å². The summed E-state index contributed by atoms with van der Waals surface area (Å²) in [6, 6.07) is 13.7. The molecule has 1 aliphatic rings. The zero-order valence-corrected chi connectivity index (χ0v) is 17.9. The van der Waals surface area contributed by atoms with Crippen LogP contribution in [0.15, 0.2) is 47.5 Å². The Hall–Kier alpha value is -2.54. The predicted molar refractivity (Wildman–Crippen MR) is 119 cm³/mol. The molecule has 0 spiro atoms. The normalized spacial score (nSPS) is 14.2. The van der Waals surface area contributed by atoms with E-state index < -0.39 is 0 Å². The van der Waals surface area contributed by atoms with Crippen LogP contribution in [0.5, 0.6) is 5.75 Å². The van der Waals surface area contributed by atoms with Gasteiger partial charge in [-0.15, -0.1) is 24.0 Å². The van der Waals surface area contributed by atoms with Gasteiger partial charge in [-0.1, -0.05) is 12.1 Å². The highest BCUT2D eigenvalue weighted by molar-refractivity contribution is 14.0. The fourth-order valence-corrected chi connectivity index (χ4v) is 3.18. The highest BCUT2D eigenvalue weighted by Crippen LogP contribution is 2.27. The number of hydrogen-bond donors (Lipinski definition) is 2. The van der Waals surface area contributed by atoms with Gasteiger partial charge < -0.3 is 20.2 Å². The first-order chi connectivity index (χ1) is 13.1. The number of halogens is 2. The van der Waals surface area contributed by atoms with Gasteiger partial charge >= 0.3 is 0 Å². The van der Waals surface area contributed by atoms with E-state index >= 15 is 0 Å². The summed E-state index contributed by atoms with van der Waals surface area (Å²) in [7, 11) is 1.69. The quantitative estimate of drug-likeness (QED) is 0.389. The molecule has 0 saturated carbocycles. The van der Waals surface area contributed by atoms with Gasteiger partial charge in [-0.2, -0.15) is 5.26 Å². The van der Waals surface area contributed by atoms with Crippen LogP contribution < -0.4 is 10.2 Å². The van der Waals surface area contributed by atoms with Crippen molar-refractivity contribution >= 4 is 35.6 Å². The number of rotatable bonds is 3. The van der Waals surface area contributed by atoms with Crippen molar-refractivity contribution in [1.29, 1.82) is 5.26 Å². The van der Waals surface area contributed by atoms with Gasteiger partial charge in [0.15, 0.2) is 5.96 Å². The highest BCUT2D eigenvalue weighted by Gasteiger charge is 2.21. The molecule has 6 nitrogen and oxygen atoms in total. The Morgan fingerprint density at radius 1 is 1.21 bits per heavy atom. The minimum absolute atomic E-state index is 0. The number of phenols is 1. The molecule has 1 heterocycles. The maximum Gasteiger partial charge on any atom is 0.194 e. The molecule has 2 N–H and O–H groups in total. The van der Waals surface area contributed by atoms with Crippen molar-refractivity contribution in [3.63, 3.8) is 0 Å². The molecule has 0 unspecified atom stereocenters. The first-order valence-electron chi connectivity index (χ1n) is 8.79. The number of nitrogens with one attached hydrogen (secondary N) is 1. The van der Waals surface area contributed by atoms with E-state index in [2.05, 4.69) is 20.1 Å². The maximum absolute atomic E-state index is 13.9. The van der Waals surface area contributed by atoms with Gasteiger partial charge in [-0.25, -0.2) is 4.39 Å². The van der Waals surface area contributed by atoms with E-state index in [9.17, 15) is 9.50 Å². The van der Waals surface area contributed by atoms with E-state index in [1.807, 2.05) is 18.2 Å². The fourth-order valence-electron chi connectivity index (χ4n) is 3.18. The predicted octanol–water partition coefficient (Wildman–Crippen LogP) is 2.92. The SMILES string of the molecule is CN=C(NCc1cc(C#N)ccc1F)N1CCN(c2ccccc2O)CC1.I. The first-order valence-corrected chi connectivity index (χ1v) is 8.79. The minimum Gasteiger partial charge on any atom is -0.506 e. The zero-order valence-electron chi connectivity index (χ0n) is 15.6. The second-order valence-electron chi connectivity index (χ2n) is 6.28. The van der Waals surface area contributed by atoms with Gasteiger partial charge in [0, 0.05) is 45.3 Å². The van der Waals surface area contributed by atoms with Crippen LogP contribution in [0.4, 0.5) is 10.1 Å². The lowest BCUT2D eigenvalue weighted by Crippen LogP contribution is -2.52. The molecule has 1 fully saturated rings. The van der Waals surface area contributed by atoms with Crippen molar-refractivity contribution in [3.8, 4) is 11.8 Å². The van der Waals surface area contributed by atoms with Crippen LogP contribution in [0.1, 0.15) is 11.1 Å². The summed E-state index contributed by atoms with van der Waals surface area (Å²) in [6.45, 7) is 3.21. The van der Waals surface area contributed by atoms with Crippen LogP contribution >= 0.6 is 24.0 Å². The van der Waals surface area contributed by atoms with Crippen molar-refractivity contribution in [1.82, 2.24) is 10.2 Å². The summed E-state index contributed by atoms with van der Waals surface area (Å²) in [6.07, 6.45) is 0. The molecule has 1 saturated heterocycles. The number of guanidine groups is 1. The third-order valence-electron chi connectivity index (χ3n) is 4.63. The lowest BCUT2D eigenvalue weighted by molar-refractivity contribution is 0.369. The van der Waals surface area contributed by atoms with Crippen molar-refractivity contribution in [3.05, 3.63) is 59.4 Å². The van der Waals surface area contributed by atoms with Crippen molar-refractivity contribution in [2.24, 2.45) is 4.99 Å². The number of benzene rings is 2. The number of para-hydroxylation sites is 2. The van der Waals surface area contributed by atoms with E-state index in [0.717, 1.165) is 31.9 Å². The molecular weight excluding hydrogens is 472 g/mol. The minimum atomic E-state index is -0.346. The average Bonchev–Trinajstić information content (AvgIpc) is 2.70. The number of anilines is 1. The third-order valence-corrected chi connectivity index (χ3v) is 4.63. The second kappa shape index (κ2) is 10.1. The van der Waals surface area contributed by atoms with Crippen LogP contribution in [-0.4, -0.2) is 49.2 Å². The topological polar surface area (TPSA) is 74.9 Å². The molecule has 0 aromatic heterocycles. The monoisotopic (exact) mass is 495 g/mol. The number of aliphatic imine (C=N–C) groups is 1. The average molecular weight is 495 g/mol. The van der Waals surface area contributed by atoms with E-state index in [4.69, 9.17) is 5.26 Å². The smallest absolute Gasteiger partial charge is 0.194 e. The number of nitrogens with zero attached hydrogens (tertiary/aromatic N) is 4. The largest absolute Gasteiger partial charge is 0.506 e. The molecule has 0 radical (unpaired) electrons. The molecule has 0 amide bonds. The van der Waals surface area contributed by atoms with Crippen LogP contribution in [0.25, 0.3) is 0 Å². The standard InChI is InChI=1S/C20H22FN5O.HI/c1-23-20(24-14-16-12-15(13-22)6-7-17(16)21)26-10-8-25(9-11-26)18-4-2-3-5-19(18)27;/h2-7,12,27H,8-11,14H2,1H3,(H,23,24);1H. The molecule has 1 aliphatic heterocycles. The molecule has 148 valence electrons. The summed E-state index contributed by atoms with van der Waals surface area (Å²) < 4.78 is 13.9. The third kappa shape index (κ3) is 5.04. The van der Waals surface area contributed by atoms with Gasteiger partial charge in [0.25, 0.3) is 0 Å². The van der Waals surface area contributed by atoms with Crippen molar-refractivity contribution in [2.45, 2.75) is 6.54 Å². The van der Waals surface area contributed by atoms with Crippen molar-refractivity contribution < 1.29 is 9.50 Å². The molecular formula is C20H23FIN5O. The van der Waals surface area contributed by atoms with Gasteiger partial charge in [-0.3, -0.25) is 4.99 Å². The Bertz CT molecular complexity index is 875. The van der Waals surface area contributed by atoms with E-state index in [0.29, 0.717) is 17.1 Å². The molecule has 28 heavy (non-hydrogen) atoms. The Balaban J connectivity index is 0.00000280. The van der Waals surface area contributed by atoms with Crippen LogP contribution in [0, 0.1) is 17.1 Å². The Kier molecular flexibility index (Phi) is 7.87. The summed E-state index contributed by atoms with van der Waals surface area (Å²) in [4.78, 5) is 8.52. The summed E-state index contributed by atoms with van der Waals surface area (Å²) in [5.41, 5.74) is 1.69. The van der Waals surface area contributed by atoms with Gasteiger partial charge in [0.1, 0.15) is 11.6 Å². The molecule has 0 atom stereocenters. The first kappa shape index (κ1) is 21.8. The Morgan fingerprint density at radius 3 is 2.57 bits per heavy atom. The number of hydrogen-bond acceptors (Lipinski definition) is 4. The number of nitriles is 1. The summed E-state index contributed by atoms with van der Waals surface area (Å²) in [5, 5.41) is 22.2. The summed E-state index contributed by atoms with van der Waals surface area (Å²) >= 11 is 0. The van der Waals surface area contributed by atoms with Gasteiger partial charge in [-0.05, 0) is 30.3 Å². The molecule has 2 aromatic rings. The maximum atomic E-state index is 13.9. The molecule has 0 aliphatic carbocycles. The van der Waals surface area contributed by atoms with Gasteiger partial charge in [0.05, 0.1) is 17.3 Å². The van der Waals surface area contributed by atoms with Gasteiger partial charge in [0.2, 0.25) is 0 Å². The lowest BCUT2D eigenvalue weighted by Gasteiger charge is -2.37. The van der Waals surface area contributed by atoms with E-state index in [-0.39, 0.29) is 42.1 Å². The Morgan fingerprint density at radius 2 is 1.93 bits per heavy atom. The lowest BCUT2D eigenvalue weighted by atomic mass is 10.1. The van der Waals surface area contributed by atoms with Crippen molar-refractivity contribution in [2.75, 3.05) is 38.1 Å². The van der Waals surface area contributed by atoms with Crippen LogP contribution in [0.3, 0.4) is 0 Å². The zero-order chi connectivity index (χ0) is 19.2. The molecule has 2 aromatic carbocycles. The van der Waals surface area contributed by atoms with Crippen LogP contribution in [0.2, 0.25) is 0 Å². The fraction of sp³-hybridized carbons (Fsp3) is 0.300. The highest BCUT2D eigenvalue weighted by atomic mass is 127.